The van der Waals surface area contributed by atoms with E-state index in [0.717, 1.165) is 0 Å². The molecule has 2 unspecified atom stereocenters. The summed E-state index contributed by atoms with van der Waals surface area (Å²) in [6, 6.07) is -1.24. The first-order valence-corrected chi connectivity index (χ1v) is 5.42. The lowest BCUT2D eigenvalue weighted by atomic mass is 9.85. The van der Waals surface area contributed by atoms with Crippen LogP contribution in [0.25, 0.3) is 0 Å². The fourth-order valence-corrected chi connectivity index (χ4v) is 2.03. The lowest BCUT2D eigenvalue weighted by molar-refractivity contribution is -0.270. The largest absolute Gasteiger partial charge is 0.481 e. The number of amides is 1. The molecule has 1 aliphatic carbocycles. The third-order valence-electron chi connectivity index (χ3n) is 3.39. The van der Waals surface area contributed by atoms with Crippen LogP contribution in [0.2, 0.25) is 0 Å². The zero-order chi connectivity index (χ0) is 15.1. The van der Waals surface area contributed by atoms with Crippen molar-refractivity contribution >= 4 is 11.9 Å². The van der Waals surface area contributed by atoms with Gasteiger partial charge in [-0.15, -0.1) is 0 Å². The first-order valence-electron chi connectivity index (χ1n) is 5.42. The molecule has 2 N–H and O–H groups in total. The molecule has 9 heteroatoms. The number of nitrogens with one attached hydrogen (secondary N) is 1. The fraction of sp³-hybridized carbons (Fsp3) is 0.800. The maximum atomic E-state index is 12.7. The highest BCUT2D eigenvalue weighted by Crippen LogP contribution is 2.40. The minimum Gasteiger partial charge on any atom is -0.481 e. The molecule has 0 aromatic heterocycles. The van der Waals surface area contributed by atoms with E-state index in [-0.39, 0.29) is 12.8 Å². The molecule has 0 heterocycles. The summed E-state index contributed by atoms with van der Waals surface area (Å²) in [5.41, 5.74) is -1.53. The molecule has 0 radical (unpaired) electrons. The van der Waals surface area contributed by atoms with E-state index < -0.39 is 35.4 Å². The molecule has 0 aromatic carbocycles. The molecule has 19 heavy (non-hydrogen) atoms. The van der Waals surface area contributed by atoms with Crippen molar-refractivity contribution in [1.82, 2.24) is 5.32 Å². The number of carboxylic acid groups (broad SMARTS) is 1. The van der Waals surface area contributed by atoms with Gasteiger partial charge in [0, 0.05) is 6.04 Å². The first kappa shape index (κ1) is 15.6. The Morgan fingerprint density at radius 3 is 2.21 bits per heavy atom. The Morgan fingerprint density at radius 1 is 1.26 bits per heavy atom. The Labute approximate surface area is 105 Å². The molecule has 0 spiro atoms. The fourth-order valence-electron chi connectivity index (χ4n) is 2.03. The number of rotatable bonds is 3. The highest BCUT2D eigenvalue weighted by atomic mass is 19.4. The van der Waals surface area contributed by atoms with E-state index in [1.807, 2.05) is 0 Å². The van der Waals surface area contributed by atoms with Gasteiger partial charge in [0.25, 0.3) is 0 Å². The second kappa shape index (κ2) is 4.61. The number of aliphatic carboxylic acids is 1. The maximum absolute atomic E-state index is 12.7. The number of halogens is 5. The van der Waals surface area contributed by atoms with Crippen molar-refractivity contribution in [2.75, 3.05) is 0 Å². The third kappa shape index (κ3) is 2.64. The van der Waals surface area contributed by atoms with Crippen molar-refractivity contribution < 1.29 is 36.6 Å². The third-order valence-corrected chi connectivity index (χ3v) is 3.39. The summed E-state index contributed by atoms with van der Waals surface area (Å²) in [5, 5.41) is 10.5. The number of alkyl halides is 5. The van der Waals surface area contributed by atoms with Crippen molar-refractivity contribution in [1.29, 1.82) is 0 Å². The lowest BCUT2D eigenvalue weighted by Gasteiger charge is -2.29. The Bertz CT molecular complexity index is 395. The molecule has 1 saturated carbocycles. The van der Waals surface area contributed by atoms with Crippen LogP contribution in [-0.4, -0.2) is 35.1 Å². The lowest BCUT2D eigenvalue weighted by Crippen LogP contribution is -2.56. The van der Waals surface area contributed by atoms with E-state index in [9.17, 15) is 31.5 Å². The van der Waals surface area contributed by atoms with Gasteiger partial charge in [0.2, 0.25) is 0 Å². The molecule has 1 rings (SSSR count). The van der Waals surface area contributed by atoms with Gasteiger partial charge in [-0.1, -0.05) is 6.42 Å². The Morgan fingerprint density at radius 2 is 1.79 bits per heavy atom. The normalized spacial score (nSPS) is 28.2. The summed E-state index contributed by atoms with van der Waals surface area (Å²) in [5.74, 6) is -9.39. The van der Waals surface area contributed by atoms with E-state index in [2.05, 4.69) is 0 Å². The van der Waals surface area contributed by atoms with Crippen LogP contribution >= 0.6 is 0 Å². The molecule has 1 fully saturated rings. The summed E-state index contributed by atoms with van der Waals surface area (Å²) in [4.78, 5) is 22.0. The van der Waals surface area contributed by atoms with E-state index in [0.29, 0.717) is 6.42 Å². The predicted octanol–water partition coefficient (Wildman–Crippen LogP) is 1.94. The van der Waals surface area contributed by atoms with Crippen molar-refractivity contribution in [3.05, 3.63) is 0 Å². The zero-order valence-corrected chi connectivity index (χ0v) is 9.85. The summed E-state index contributed by atoms with van der Waals surface area (Å²) in [7, 11) is 0. The number of hydrogen-bond acceptors (Lipinski definition) is 2. The molecule has 0 bridgehead atoms. The maximum Gasteiger partial charge on any atom is 0.463 e. The van der Waals surface area contributed by atoms with E-state index in [1.165, 1.54) is 12.2 Å². The van der Waals surface area contributed by atoms with Gasteiger partial charge >= 0.3 is 24.0 Å². The van der Waals surface area contributed by atoms with Crippen LogP contribution < -0.4 is 5.32 Å². The zero-order valence-electron chi connectivity index (χ0n) is 9.85. The Kier molecular flexibility index (Phi) is 3.79. The molecular formula is C10H12F5NO3. The van der Waals surface area contributed by atoms with Gasteiger partial charge in [-0.05, 0) is 19.8 Å². The van der Waals surface area contributed by atoms with Gasteiger partial charge in [0.15, 0.2) is 0 Å². The van der Waals surface area contributed by atoms with Gasteiger partial charge in [-0.25, -0.2) is 0 Å². The standard InChI is InChI=1S/C10H12F5NO3/c1-8(7(18)19)4-2-3-5(8)16-6(17)9(11,12)10(13,14)15/h5H,2-4H2,1H3,(H,16,17)(H,18,19). The van der Waals surface area contributed by atoms with E-state index in [4.69, 9.17) is 5.11 Å². The van der Waals surface area contributed by atoms with Crippen LogP contribution in [0, 0.1) is 5.41 Å². The van der Waals surface area contributed by atoms with Crippen molar-refractivity contribution in [2.45, 2.75) is 44.3 Å². The highest BCUT2D eigenvalue weighted by Gasteiger charge is 2.64. The van der Waals surface area contributed by atoms with E-state index >= 15 is 0 Å². The number of carbonyl (C=O) groups is 2. The number of carboxylic acids is 1. The van der Waals surface area contributed by atoms with Crippen LogP contribution in [0.5, 0.6) is 0 Å². The smallest absolute Gasteiger partial charge is 0.463 e. The molecule has 0 saturated heterocycles. The summed E-state index contributed by atoms with van der Waals surface area (Å²) in [6.07, 6.45) is -5.53. The topological polar surface area (TPSA) is 66.4 Å². The number of carbonyl (C=O) groups excluding carboxylic acids is 1. The summed E-state index contributed by atoms with van der Waals surface area (Å²) >= 11 is 0. The average Bonchev–Trinajstić information content (AvgIpc) is 2.60. The minimum absolute atomic E-state index is 0.0441. The van der Waals surface area contributed by atoms with Gasteiger partial charge < -0.3 is 10.4 Å². The summed E-state index contributed by atoms with van der Waals surface area (Å²) in [6.45, 7) is 1.21. The van der Waals surface area contributed by atoms with Crippen LogP contribution in [0.15, 0.2) is 0 Å². The average molecular weight is 289 g/mol. The Hall–Kier alpha value is -1.41. The Balaban J connectivity index is 2.86. The molecule has 1 aliphatic rings. The van der Waals surface area contributed by atoms with Crippen LogP contribution in [0.3, 0.4) is 0 Å². The molecule has 2 atom stereocenters. The predicted molar refractivity (Wildman–Crippen MR) is 52.5 cm³/mol. The second-order valence-corrected chi connectivity index (χ2v) is 4.71. The monoisotopic (exact) mass is 289 g/mol. The van der Waals surface area contributed by atoms with Crippen LogP contribution in [0.4, 0.5) is 22.0 Å². The van der Waals surface area contributed by atoms with Gasteiger partial charge in [0.1, 0.15) is 0 Å². The number of hydrogen-bond donors (Lipinski definition) is 2. The van der Waals surface area contributed by atoms with Gasteiger partial charge in [-0.2, -0.15) is 22.0 Å². The van der Waals surface area contributed by atoms with Crippen LogP contribution in [-0.2, 0) is 9.59 Å². The van der Waals surface area contributed by atoms with Gasteiger partial charge in [0.05, 0.1) is 5.41 Å². The summed E-state index contributed by atoms with van der Waals surface area (Å²) < 4.78 is 61.4. The molecule has 4 nitrogen and oxygen atoms in total. The van der Waals surface area contributed by atoms with Gasteiger partial charge in [-0.3, -0.25) is 9.59 Å². The second-order valence-electron chi connectivity index (χ2n) is 4.71. The molecule has 110 valence electrons. The SMILES string of the molecule is CC1(C(=O)O)CCCC1NC(=O)C(F)(F)C(F)(F)F. The molecule has 1 amide bonds. The molecule has 0 aliphatic heterocycles. The van der Waals surface area contributed by atoms with Crippen molar-refractivity contribution in [2.24, 2.45) is 5.41 Å². The van der Waals surface area contributed by atoms with Crippen LogP contribution in [0.1, 0.15) is 26.2 Å². The van der Waals surface area contributed by atoms with Crippen molar-refractivity contribution in [3.63, 3.8) is 0 Å². The molecular weight excluding hydrogens is 277 g/mol. The minimum atomic E-state index is -6.00. The molecule has 0 aromatic rings. The van der Waals surface area contributed by atoms with Crippen molar-refractivity contribution in [3.8, 4) is 0 Å². The highest BCUT2D eigenvalue weighted by molar-refractivity contribution is 5.86. The van der Waals surface area contributed by atoms with E-state index in [1.54, 1.807) is 0 Å². The quantitative estimate of drug-likeness (QED) is 0.780. The first-order chi connectivity index (χ1) is 8.43.